The van der Waals surface area contributed by atoms with Crippen molar-refractivity contribution in [3.63, 3.8) is 0 Å². The summed E-state index contributed by atoms with van der Waals surface area (Å²) in [5.41, 5.74) is 3.35. The highest BCUT2D eigenvalue weighted by Gasteiger charge is 2.00. The fourth-order valence-electron chi connectivity index (χ4n) is 0.871. The minimum Gasteiger partial charge on any atom is -0.276 e. The van der Waals surface area contributed by atoms with Gasteiger partial charge in [0.05, 0.1) is 11.3 Å². The zero-order valence-electron chi connectivity index (χ0n) is 7.90. The van der Waals surface area contributed by atoms with Crippen LogP contribution in [-0.4, -0.2) is 5.71 Å². The van der Waals surface area contributed by atoms with Gasteiger partial charge in [-0.05, 0) is 34.1 Å². The van der Waals surface area contributed by atoms with Gasteiger partial charge in [0.2, 0.25) is 5.71 Å². The highest BCUT2D eigenvalue weighted by molar-refractivity contribution is 9.10. The third-order valence-corrected chi connectivity index (χ3v) is 2.25. The number of rotatable bonds is 2. The molecule has 1 aromatic rings. The molecule has 0 aromatic heterocycles. The van der Waals surface area contributed by atoms with Crippen molar-refractivity contribution in [3.8, 4) is 18.2 Å². The molecule has 1 aromatic carbocycles. The number of nitrogens with one attached hydrogen (secondary N) is 1. The van der Waals surface area contributed by atoms with Gasteiger partial charge in [-0.2, -0.15) is 20.9 Å². The first-order chi connectivity index (χ1) is 7.71. The number of halogens is 1. The summed E-state index contributed by atoms with van der Waals surface area (Å²) in [6.07, 6.45) is 0. The monoisotopic (exact) mass is 273 g/mol. The summed E-state index contributed by atoms with van der Waals surface area (Å²) in [5.74, 6) is 0. The molecule has 0 aliphatic heterocycles. The van der Waals surface area contributed by atoms with Crippen LogP contribution in [0.25, 0.3) is 0 Å². The zero-order valence-corrected chi connectivity index (χ0v) is 9.48. The first-order valence-electron chi connectivity index (χ1n) is 4.05. The van der Waals surface area contributed by atoms with Gasteiger partial charge >= 0.3 is 0 Å². The SMILES string of the molecule is N#CC(C#N)=NNc1ccc(C#N)c(Br)c1. The van der Waals surface area contributed by atoms with E-state index < -0.39 is 0 Å². The fraction of sp³-hybridized carbons (Fsp3) is 0. The maximum Gasteiger partial charge on any atom is 0.237 e. The number of hydrogen-bond acceptors (Lipinski definition) is 5. The van der Waals surface area contributed by atoms with E-state index >= 15 is 0 Å². The first kappa shape index (κ1) is 11.7. The van der Waals surface area contributed by atoms with Crippen LogP contribution in [0.2, 0.25) is 0 Å². The minimum atomic E-state index is -0.263. The quantitative estimate of drug-likeness (QED) is 0.660. The molecule has 0 atom stereocenters. The number of anilines is 1. The van der Waals surface area contributed by atoms with Gasteiger partial charge in [0.1, 0.15) is 18.2 Å². The van der Waals surface area contributed by atoms with Gasteiger partial charge in [0.15, 0.2) is 0 Å². The summed E-state index contributed by atoms with van der Waals surface area (Å²) in [4.78, 5) is 0. The predicted octanol–water partition coefficient (Wildman–Crippen LogP) is 2.14. The van der Waals surface area contributed by atoms with Crippen LogP contribution in [0.5, 0.6) is 0 Å². The van der Waals surface area contributed by atoms with Gasteiger partial charge < -0.3 is 0 Å². The summed E-state index contributed by atoms with van der Waals surface area (Å²) in [5, 5.41) is 29.1. The van der Waals surface area contributed by atoms with Crippen LogP contribution in [0, 0.1) is 34.0 Å². The molecule has 1 rings (SSSR count). The van der Waals surface area contributed by atoms with Gasteiger partial charge in [-0.25, -0.2) is 0 Å². The lowest BCUT2D eigenvalue weighted by molar-refractivity contribution is 1.33. The highest BCUT2D eigenvalue weighted by Crippen LogP contribution is 2.20. The standard InChI is InChI=1S/C10H4BrN5/c11-10-3-8(2-1-7(10)4-12)15-16-9(5-13)6-14/h1-3,15H. The van der Waals surface area contributed by atoms with E-state index in [1.54, 1.807) is 30.3 Å². The molecule has 1 N–H and O–H groups in total. The lowest BCUT2D eigenvalue weighted by Gasteiger charge is -2.01. The zero-order chi connectivity index (χ0) is 12.0. The van der Waals surface area contributed by atoms with Crippen LogP contribution in [0.4, 0.5) is 5.69 Å². The summed E-state index contributed by atoms with van der Waals surface area (Å²) in [7, 11) is 0. The number of nitrogens with zero attached hydrogens (tertiary/aromatic N) is 4. The first-order valence-corrected chi connectivity index (χ1v) is 4.84. The third kappa shape index (κ3) is 2.81. The van der Waals surface area contributed by atoms with Gasteiger partial charge in [0, 0.05) is 4.47 Å². The molecular weight excluding hydrogens is 270 g/mol. The van der Waals surface area contributed by atoms with E-state index in [2.05, 4.69) is 26.5 Å². The van der Waals surface area contributed by atoms with Crippen molar-refractivity contribution in [3.05, 3.63) is 28.2 Å². The second-order valence-electron chi connectivity index (χ2n) is 2.60. The van der Waals surface area contributed by atoms with Crippen LogP contribution in [0.1, 0.15) is 5.56 Å². The summed E-state index contributed by atoms with van der Waals surface area (Å²) >= 11 is 3.21. The normalized spacial score (nSPS) is 8.12. The van der Waals surface area contributed by atoms with E-state index in [0.717, 1.165) is 0 Å². The highest BCUT2D eigenvalue weighted by atomic mass is 79.9. The van der Waals surface area contributed by atoms with Crippen molar-refractivity contribution < 1.29 is 0 Å². The molecule has 0 amide bonds. The summed E-state index contributed by atoms with van der Waals surface area (Å²) in [6.45, 7) is 0. The molecule has 0 saturated heterocycles. The van der Waals surface area contributed by atoms with Gasteiger partial charge in [0.25, 0.3) is 0 Å². The Balaban J connectivity index is 2.91. The van der Waals surface area contributed by atoms with Crippen molar-refractivity contribution in [2.75, 3.05) is 5.43 Å². The van der Waals surface area contributed by atoms with Gasteiger partial charge in [-0.1, -0.05) is 0 Å². The Morgan fingerprint density at radius 2 is 1.94 bits per heavy atom. The van der Waals surface area contributed by atoms with Gasteiger partial charge in [-0.15, -0.1) is 0 Å². The topological polar surface area (TPSA) is 95.8 Å². The summed E-state index contributed by atoms with van der Waals surface area (Å²) < 4.78 is 0.616. The maximum absolute atomic E-state index is 8.69. The van der Waals surface area contributed by atoms with E-state index in [-0.39, 0.29) is 5.71 Å². The second-order valence-corrected chi connectivity index (χ2v) is 3.46. The molecule has 0 heterocycles. The number of nitriles is 3. The Hall–Kier alpha value is -2.36. The molecule has 0 fully saturated rings. The average Bonchev–Trinajstić information content (AvgIpc) is 2.30. The maximum atomic E-state index is 8.69. The Kier molecular flexibility index (Phi) is 4.03. The van der Waals surface area contributed by atoms with Crippen LogP contribution in [-0.2, 0) is 0 Å². The van der Waals surface area contributed by atoms with Crippen LogP contribution in [0.3, 0.4) is 0 Å². The van der Waals surface area contributed by atoms with E-state index in [1.165, 1.54) is 0 Å². The smallest absolute Gasteiger partial charge is 0.237 e. The van der Waals surface area contributed by atoms with E-state index in [0.29, 0.717) is 15.7 Å². The Labute approximate surface area is 100 Å². The molecule has 0 unspecified atom stereocenters. The predicted molar refractivity (Wildman–Crippen MR) is 61.1 cm³/mol. The lowest BCUT2D eigenvalue weighted by Crippen LogP contribution is -1.96. The Morgan fingerprint density at radius 1 is 1.25 bits per heavy atom. The van der Waals surface area contributed by atoms with E-state index in [1.807, 2.05) is 6.07 Å². The van der Waals surface area contributed by atoms with E-state index in [4.69, 9.17) is 15.8 Å². The molecule has 0 aliphatic rings. The van der Waals surface area contributed by atoms with Crippen molar-refractivity contribution in [1.82, 2.24) is 0 Å². The van der Waals surface area contributed by atoms with E-state index in [9.17, 15) is 0 Å². The molecule has 0 saturated carbocycles. The average molecular weight is 274 g/mol. The Bertz CT molecular complexity index is 540. The molecule has 5 nitrogen and oxygen atoms in total. The van der Waals surface area contributed by atoms with Crippen LogP contribution >= 0.6 is 15.9 Å². The molecule has 16 heavy (non-hydrogen) atoms. The van der Waals surface area contributed by atoms with Crippen molar-refractivity contribution in [2.24, 2.45) is 5.10 Å². The van der Waals surface area contributed by atoms with Gasteiger partial charge in [-0.3, -0.25) is 5.43 Å². The third-order valence-electron chi connectivity index (χ3n) is 1.60. The molecular formula is C10H4BrN5. The lowest BCUT2D eigenvalue weighted by atomic mass is 10.2. The van der Waals surface area contributed by atoms with Crippen molar-refractivity contribution in [1.29, 1.82) is 15.8 Å². The fourth-order valence-corrected chi connectivity index (χ4v) is 1.34. The van der Waals surface area contributed by atoms with Crippen LogP contribution < -0.4 is 5.43 Å². The second kappa shape index (κ2) is 5.50. The number of hydrogen-bond donors (Lipinski definition) is 1. The minimum absolute atomic E-state index is 0.263. The van der Waals surface area contributed by atoms with Crippen molar-refractivity contribution >= 4 is 27.3 Å². The largest absolute Gasteiger partial charge is 0.276 e. The Morgan fingerprint density at radius 3 is 2.44 bits per heavy atom. The molecule has 0 radical (unpaired) electrons. The molecule has 6 heteroatoms. The number of benzene rings is 1. The van der Waals surface area contributed by atoms with Crippen LogP contribution in [0.15, 0.2) is 27.8 Å². The summed E-state index contributed by atoms with van der Waals surface area (Å²) in [6, 6.07) is 10.1. The molecule has 0 bridgehead atoms. The molecule has 0 spiro atoms. The van der Waals surface area contributed by atoms with Crippen molar-refractivity contribution in [2.45, 2.75) is 0 Å². The molecule has 0 aliphatic carbocycles. The number of hydrazone groups is 1. The molecule has 76 valence electrons.